The number of ether oxygens (including phenoxy) is 4. The second-order valence-electron chi connectivity index (χ2n) is 3.21. The van der Waals surface area contributed by atoms with Crippen LogP contribution in [0.25, 0.3) is 0 Å². The van der Waals surface area contributed by atoms with Crippen molar-refractivity contribution in [2.45, 2.75) is 0 Å². The summed E-state index contributed by atoms with van der Waals surface area (Å²) in [6.07, 6.45) is 0. The van der Waals surface area contributed by atoms with Crippen LogP contribution in [0.5, 0.6) is 23.0 Å². The molecule has 0 fully saturated rings. The molecule has 0 amide bonds. The van der Waals surface area contributed by atoms with E-state index in [1.165, 1.54) is 14.2 Å². The molecule has 0 unspecified atom stereocenters. The van der Waals surface area contributed by atoms with Crippen LogP contribution in [0.15, 0.2) is 11.2 Å². The highest BCUT2D eigenvalue weighted by atomic mass is 16.7. The summed E-state index contributed by atoms with van der Waals surface area (Å²) in [5.74, 6) is 1.48. The molecule has 3 N–H and O–H groups in total. The molecule has 0 radical (unpaired) electrons. The van der Waals surface area contributed by atoms with Gasteiger partial charge in [0.1, 0.15) is 0 Å². The Morgan fingerprint density at radius 1 is 1.35 bits per heavy atom. The van der Waals surface area contributed by atoms with Gasteiger partial charge < -0.3 is 29.9 Å². The Bertz CT molecular complexity index is 472. The van der Waals surface area contributed by atoms with Crippen molar-refractivity contribution in [1.82, 2.24) is 0 Å². The largest absolute Gasteiger partial charge is 0.492 e. The van der Waals surface area contributed by atoms with Gasteiger partial charge in [-0.05, 0) is 6.07 Å². The first-order valence-corrected chi connectivity index (χ1v) is 4.75. The minimum atomic E-state index is -0.0987. The standard InChI is InChI=1S/C10H12N2O5/c1-14-7-5(10(11)12-13)3-6-8(9(7)15-2)17-4-16-6/h3,13H,4H2,1-2H3,(H2,11,12). The zero-order chi connectivity index (χ0) is 12.4. The van der Waals surface area contributed by atoms with Crippen molar-refractivity contribution in [3.63, 3.8) is 0 Å². The summed E-state index contributed by atoms with van der Waals surface area (Å²) in [6, 6.07) is 1.57. The molecular weight excluding hydrogens is 228 g/mol. The van der Waals surface area contributed by atoms with Crippen LogP contribution < -0.4 is 24.7 Å². The van der Waals surface area contributed by atoms with Crippen molar-refractivity contribution in [1.29, 1.82) is 0 Å². The number of amidine groups is 1. The van der Waals surface area contributed by atoms with Crippen molar-refractivity contribution in [2.24, 2.45) is 10.9 Å². The lowest BCUT2D eigenvalue weighted by Gasteiger charge is -2.13. The lowest BCUT2D eigenvalue weighted by molar-refractivity contribution is 0.170. The topological polar surface area (TPSA) is 95.5 Å². The molecule has 17 heavy (non-hydrogen) atoms. The molecule has 0 spiro atoms. The number of hydrogen-bond acceptors (Lipinski definition) is 6. The lowest BCUT2D eigenvalue weighted by Crippen LogP contribution is -2.15. The SMILES string of the molecule is COc1c(/C(N)=N/O)cc2c(c1OC)OCO2. The van der Waals surface area contributed by atoms with Crippen molar-refractivity contribution >= 4 is 5.84 Å². The first-order chi connectivity index (χ1) is 8.22. The minimum Gasteiger partial charge on any atom is -0.492 e. The molecule has 1 aromatic carbocycles. The van der Waals surface area contributed by atoms with E-state index < -0.39 is 0 Å². The molecule has 92 valence electrons. The van der Waals surface area contributed by atoms with Crippen LogP contribution in [0.1, 0.15) is 5.56 Å². The molecule has 1 aliphatic rings. The van der Waals surface area contributed by atoms with Crippen LogP contribution in [0.3, 0.4) is 0 Å². The third kappa shape index (κ3) is 1.65. The van der Waals surface area contributed by atoms with Gasteiger partial charge in [-0.2, -0.15) is 0 Å². The average Bonchev–Trinajstić information content (AvgIpc) is 2.83. The van der Waals surface area contributed by atoms with Gasteiger partial charge in [-0.25, -0.2) is 0 Å². The maximum atomic E-state index is 8.71. The summed E-state index contributed by atoms with van der Waals surface area (Å²) >= 11 is 0. The van der Waals surface area contributed by atoms with Gasteiger partial charge in [0.15, 0.2) is 17.3 Å². The second-order valence-corrected chi connectivity index (χ2v) is 3.21. The first kappa shape index (κ1) is 11.2. The number of oxime groups is 1. The maximum Gasteiger partial charge on any atom is 0.231 e. The van der Waals surface area contributed by atoms with Crippen molar-refractivity contribution in [3.05, 3.63) is 11.6 Å². The van der Waals surface area contributed by atoms with E-state index >= 15 is 0 Å². The van der Waals surface area contributed by atoms with E-state index in [2.05, 4.69) is 5.16 Å². The fourth-order valence-corrected chi connectivity index (χ4v) is 1.63. The van der Waals surface area contributed by atoms with Gasteiger partial charge in [-0.3, -0.25) is 0 Å². The normalized spacial score (nSPS) is 13.6. The van der Waals surface area contributed by atoms with E-state index in [1.807, 2.05) is 0 Å². The zero-order valence-corrected chi connectivity index (χ0v) is 9.39. The number of nitrogens with zero attached hydrogens (tertiary/aromatic N) is 1. The Hall–Kier alpha value is -2.31. The Balaban J connectivity index is 2.68. The van der Waals surface area contributed by atoms with Crippen LogP contribution in [0.4, 0.5) is 0 Å². The van der Waals surface area contributed by atoms with Crippen LogP contribution in [0.2, 0.25) is 0 Å². The highest BCUT2D eigenvalue weighted by Crippen LogP contribution is 2.48. The number of methoxy groups -OCH3 is 2. The highest BCUT2D eigenvalue weighted by Gasteiger charge is 2.27. The zero-order valence-electron chi connectivity index (χ0n) is 9.39. The van der Waals surface area contributed by atoms with Crippen LogP contribution in [0, 0.1) is 0 Å². The van der Waals surface area contributed by atoms with Crippen molar-refractivity contribution in [3.8, 4) is 23.0 Å². The van der Waals surface area contributed by atoms with E-state index in [9.17, 15) is 0 Å². The van der Waals surface area contributed by atoms with Gasteiger partial charge in [0.2, 0.25) is 18.3 Å². The molecule has 1 aliphatic heterocycles. The third-order valence-corrected chi connectivity index (χ3v) is 2.37. The number of fused-ring (bicyclic) bond motifs is 1. The summed E-state index contributed by atoms with van der Waals surface area (Å²) in [5, 5.41) is 11.6. The Morgan fingerprint density at radius 2 is 2.06 bits per heavy atom. The van der Waals surface area contributed by atoms with Gasteiger partial charge in [0, 0.05) is 0 Å². The number of benzene rings is 1. The molecule has 0 saturated carbocycles. The Labute approximate surface area is 97.3 Å². The first-order valence-electron chi connectivity index (χ1n) is 4.75. The molecular formula is C10H12N2O5. The maximum absolute atomic E-state index is 8.71. The van der Waals surface area contributed by atoms with E-state index in [0.29, 0.717) is 28.6 Å². The van der Waals surface area contributed by atoms with Crippen LogP contribution in [-0.4, -0.2) is 32.1 Å². The molecule has 0 bridgehead atoms. The average molecular weight is 240 g/mol. The number of rotatable bonds is 3. The molecule has 1 heterocycles. The van der Waals surface area contributed by atoms with Crippen LogP contribution in [-0.2, 0) is 0 Å². The highest BCUT2D eigenvalue weighted by molar-refractivity contribution is 6.01. The minimum absolute atomic E-state index is 0.0917. The predicted molar refractivity (Wildman–Crippen MR) is 58.2 cm³/mol. The fourth-order valence-electron chi connectivity index (χ4n) is 1.63. The molecule has 7 heteroatoms. The van der Waals surface area contributed by atoms with Crippen LogP contribution >= 0.6 is 0 Å². The van der Waals surface area contributed by atoms with Gasteiger partial charge in [0.25, 0.3) is 0 Å². The quantitative estimate of drug-likeness (QED) is 0.346. The van der Waals surface area contributed by atoms with Crippen molar-refractivity contribution < 1.29 is 24.2 Å². The summed E-state index contributed by atoms with van der Waals surface area (Å²) < 4.78 is 20.9. The number of hydrogen-bond donors (Lipinski definition) is 2. The van der Waals surface area contributed by atoms with E-state index in [4.69, 9.17) is 29.9 Å². The summed E-state index contributed by atoms with van der Waals surface area (Å²) in [7, 11) is 2.92. The lowest BCUT2D eigenvalue weighted by atomic mass is 10.1. The molecule has 2 rings (SSSR count). The molecule has 0 aromatic heterocycles. The van der Waals surface area contributed by atoms with Crippen molar-refractivity contribution in [2.75, 3.05) is 21.0 Å². The van der Waals surface area contributed by atoms with Gasteiger partial charge in [0.05, 0.1) is 19.8 Å². The summed E-state index contributed by atoms with van der Waals surface area (Å²) in [6.45, 7) is 0.0917. The summed E-state index contributed by atoms with van der Waals surface area (Å²) in [4.78, 5) is 0. The van der Waals surface area contributed by atoms with Gasteiger partial charge >= 0.3 is 0 Å². The Morgan fingerprint density at radius 3 is 2.65 bits per heavy atom. The van der Waals surface area contributed by atoms with E-state index in [1.54, 1.807) is 6.07 Å². The van der Waals surface area contributed by atoms with Gasteiger partial charge in [-0.1, -0.05) is 5.16 Å². The smallest absolute Gasteiger partial charge is 0.231 e. The molecule has 0 aliphatic carbocycles. The molecule has 1 aromatic rings. The second kappa shape index (κ2) is 4.28. The van der Waals surface area contributed by atoms with E-state index in [-0.39, 0.29) is 12.6 Å². The van der Waals surface area contributed by atoms with Gasteiger partial charge in [-0.15, -0.1) is 0 Å². The molecule has 7 nitrogen and oxygen atoms in total. The molecule has 0 saturated heterocycles. The van der Waals surface area contributed by atoms with E-state index in [0.717, 1.165) is 0 Å². The number of nitrogens with two attached hydrogens (primary N) is 1. The summed E-state index contributed by atoms with van der Waals surface area (Å²) in [5.41, 5.74) is 5.93. The predicted octanol–water partition coefficient (Wildman–Crippen LogP) is 0.527. The monoisotopic (exact) mass is 240 g/mol. The third-order valence-electron chi connectivity index (χ3n) is 2.37. The fraction of sp³-hybridized carbons (Fsp3) is 0.300. The molecule has 0 atom stereocenters. The Kier molecular flexibility index (Phi) is 2.82.